The molecule has 5 nitrogen and oxygen atoms in total. The Kier molecular flexibility index (Phi) is 5.37. The van der Waals surface area contributed by atoms with Gasteiger partial charge in [-0.15, -0.1) is 0 Å². The third-order valence-electron chi connectivity index (χ3n) is 4.73. The minimum atomic E-state index is -4.38. The number of aromatic nitrogens is 2. The van der Waals surface area contributed by atoms with Crippen LogP contribution in [0.5, 0.6) is 5.75 Å². The number of alkyl halides is 3. The third-order valence-corrected chi connectivity index (χ3v) is 4.73. The first-order valence-electron chi connectivity index (χ1n) is 9.31. The summed E-state index contributed by atoms with van der Waals surface area (Å²) in [6.07, 6.45) is -4.38. The number of benzene rings is 3. The summed E-state index contributed by atoms with van der Waals surface area (Å²) in [5.74, 6) is 0.473. The Labute approximate surface area is 175 Å². The molecule has 0 fully saturated rings. The first-order chi connectivity index (χ1) is 14.8. The monoisotopic (exact) mass is 426 g/mol. The molecule has 0 atom stereocenters. The van der Waals surface area contributed by atoms with E-state index in [0.29, 0.717) is 17.1 Å². The summed E-state index contributed by atoms with van der Waals surface area (Å²) in [6.45, 7) is 0.0865. The summed E-state index contributed by atoms with van der Waals surface area (Å²) < 4.78 is 48.2. The Morgan fingerprint density at radius 2 is 1.65 bits per heavy atom. The number of carbonyl (C=O) groups excluding carboxylic acids is 1. The summed E-state index contributed by atoms with van der Waals surface area (Å²) in [4.78, 5) is 19.2. The van der Waals surface area contributed by atoms with Gasteiger partial charge in [-0.1, -0.05) is 18.2 Å². The van der Waals surface area contributed by atoms with Crippen molar-refractivity contribution in [3.05, 3.63) is 83.7 Å². The van der Waals surface area contributed by atoms with Crippen molar-refractivity contribution < 1.29 is 27.4 Å². The number of aromatic amines is 1. The van der Waals surface area contributed by atoms with Gasteiger partial charge >= 0.3 is 12.1 Å². The number of halogens is 3. The molecule has 31 heavy (non-hydrogen) atoms. The summed E-state index contributed by atoms with van der Waals surface area (Å²) >= 11 is 0. The Balaban J connectivity index is 1.48. The number of methoxy groups -OCH3 is 1. The first-order valence-corrected chi connectivity index (χ1v) is 9.31. The van der Waals surface area contributed by atoms with Gasteiger partial charge in [-0.2, -0.15) is 13.2 Å². The Hall–Kier alpha value is -3.81. The van der Waals surface area contributed by atoms with Gasteiger partial charge in [0, 0.05) is 0 Å². The first kappa shape index (κ1) is 20.5. The quantitative estimate of drug-likeness (QED) is 0.421. The lowest BCUT2D eigenvalue weighted by molar-refractivity contribution is -0.137. The minimum Gasteiger partial charge on any atom is -0.486 e. The van der Waals surface area contributed by atoms with Crippen LogP contribution in [-0.2, 0) is 17.5 Å². The van der Waals surface area contributed by atoms with Crippen LogP contribution in [0.25, 0.3) is 22.2 Å². The second-order valence-electron chi connectivity index (χ2n) is 6.80. The largest absolute Gasteiger partial charge is 0.486 e. The molecule has 0 aliphatic rings. The Morgan fingerprint density at radius 1 is 0.968 bits per heavy atom. The summed E-state index contributed by atoms with van der Waals surface area (Å²) in [7, 11) is 1.33. The smallest absolute Gasteiger partial charge is 0.416 e. The minimum absolute atomic E-state index is 0.0865. The second kappa shape index (κ2) is 8.14. The van der Waals surface area contributed by atoms with E-state index in [0.717, 1.165) is 34.3 Å². The molecule has 158 valence electrons. The van der Waals surface area contributed by atoms with Gasteiger partial charge in [0.1, 0.15) is 18.2 Å². The summed E-state index contributed by atoms with van der Waals surface area (Å²) in [5.41, 5.74) is 3.13. The maximum absolute atomic E-state index is 12.6. The Morgan fingerprint density at radius 3 is 2.29 bits per heavy atom. The van der Waals surface area contributed by atoms with Crippen LogP contribution in [-0.4, -0.2) is 23.0 Å². The van der Waals surface area contributed by atoms with E-state index in [2.05, 4.69) is 9.97 Å². The van der Waals surface area contributed by atoms with Crippen molar-refractivity contribution in [1.82, 2.24) is 9.97 Å². The number of nitrogens with zero attached hydrogens (tertiary/aromatic N) is 1. The normalized spacial score (nSPS) is 11.5. The molecule has 3 aromatic carbocycles. The van der Waals surface area contributed by atoms with E-state index in [1.165, 1.54) is 19.2 Å². The van der Waals surface area contributed by atoms with E-state index in [1.54, 1.807) is 12.1 Å². The van der Waals surface area contributed by atoms with Crippen LogP contribution in [0.3, 0.4) is 0 Å². The van der Waals surface area contributed by atoms with Crippen LogP contribution in [0.1, 0.15) is 21.7 Å². The zero-order chi connectivity index (χ0) is 22.0. The van der Waals surface area contributed by atoms with E-state index in [-0.39, 0.29) is 6.61 Å². The molecular formula is C23H17F3N2O3. The maximum Gasteiger partial charge on any atom is 0.416 e. The highest BCUT2D eigenvalue weighted by Crippen LogP contribution is 2.30. The molecule has 0 spiro atoms. The molecule has 0 amide bonds. The highest BCUT2D eigenvalue weighted by molar-refractivity contribution is 5.90. The van der Waals surface area contributed by atoms with Crippen molar-refractivity contribution in [1.29, 1.82) is 0 Å². The number of nitrogens with one attached hydrogen (secondary N) is 1. The van der Waals surface area contributed by atoms with Gasteiger partial charge < -0.3 is 14.5 Å². The number of carbonyl (C=O) groups is 1. The molecular weight excluding hydrogens is 409 g/mol. The fourth-order valence-electron chi connectivity index (χ4n) is 3.12. The molecule has 0 bridgehead atoms. The Bertz CT molecular complexity index is 1210. The lowest BCUT2D eigenvalue weighted by Crippen LogP contribution is -2.04. The number of ether oxygens (including phenoxy) is 2. The molecule has 4 aromatic rings. The van der Waals surface area contributed by atoms with Crippen LogP contribution in [0.2, 0.25) is 0 Å². The van der Waals surface area contributed by atoms with Crippen molar-refractivity contribution in [3.63, 3.8) is 0 Å². The molecule has 0 radical (unpaired) electrons. The highest BCUT2D eigenvalue weighted by Gasteiger charge is 2.30. The fourth-order valence-corrected chi connectivity index (χ4v) is 3.12. The molecule has 0 aliphatic carbocycles. The number of esters is 1. The van der Waals surface area contributed by atoms with E-state index in [4.69, 9.17) is 9.47 Å². The number of rotatable bonds is 5. The number of imidazole rings is 1. The predicted octanol–water partition coefficient (Wildman–Crippen LogP) is 5.61. The zero-order valence-corrected chi connectivity index (χ0v) is 16.4. The number of hydrogen-bond acceptors (Lipinski definition) is 4. The van der Waals surface area contributed by atoms with Crippen LogP contribution >= 0.6 is 0 Å². The van der Waals surface area contributed by atoms with Crippen molar-refractivity contribution >= 4 is 17.0 Å². The molecule has 4 rings (SSSR count). The predicted molar refractivity (Wildman–Crippen MR) is 109 cm³/mol. The standard InChI is InChI=1S/C23H17F3N2O3/c1-30-22(29)15-4-2-14(3-5-15)16-6-11-19-20(12-16)28-21(27-19)13-31-18-9-7-17(8-10-18)23(24,25)26/h2-12H,13H2,1H3,(H,27,28). The molecule has 1 heterocycles. The average molecular weight is 426 g/mol. The number of H-pyrrole nitrogens is 1. The van der Waals surface area contributed by atoms with Crippen molar-refractivity contribution in [2.24, 2.45) is 0 Å². The van der Waals surface area contributed by atoms with E-state index in [1.807, 2.05) is 30.3 Å². The van der Waals surface area contributed by atoms with E-state index in [9.17, 15) is 18.0 Å². The van der Waals surface area contributed by atoms with Crippen molar-refractivity contribution in [2.45, 2.75) is 12.8 Å². The number of hydrogen-bond donors (Lipinski definition) is 1. The van der Waals surface area contributed by atoms with E-state index < -0.39 is 17.7 Å². The maximum atomic E-state index is 12.6. The van der Waals surface area contributed by atoms with Gasteiger partial charge in [0.2, 0.25) is 0 Å². The molecule has 0 unspecified atom stereocenters. The lowest BCUT2D eigenvalue weighted by Gasteiger charge is -2.08. The topological polar surface area (TPSA) is 64.2 Å². The van der Waals surface area contributed by atoms with E-state index >= 15 is 0 Å². The van der Waals surface area contributed by atoms with Gasteiger partial charge in [-0.05, 0) is 59.7 Å². The lowest BCUT2D eigenvalue weighted by atomic mass is 10.0. The highest BCUT2D eigenvalue weighted by atomic mass is 19.4. The summed E-state index contributed by atoms with van der Waals surface area (Å²) in [6, 6.07) is 17.3. The molecule has 0 saturated heterocycles. The van der Waals surface area contributed by atoms with Crippen LogP contribution < -0.4 is 4.74 Å². The van der Waals surface area contributed by atoms with Crippen molar-refractivity contribution in [2.75, 3.05) is 7.11 Å². The molecule has 1 aromatic heterocycles. The van der Waals surface area contributed by atoms with Gasteiger partial charge in [-0.25, -0.2) is 9.78 Å². The molecule has 1 N–H and O–H groups in total. The van der Waals surface area contributed by atoms with Gasteiger partial charge in [0.05, 0.1) is 29.3 Å². The molecule has 0 aliphatic heterocycles. The zero-order valence-electron chi connectivity index (χ0n) is 16.4. The molecule has 0 saturated carbocycles. The van der Waals surface area contributed by atoms with Crippen LogP contribution in [0.15, 0.2) is 66.7 Å². The summed E-state index contributed by atoms with van der Waals surface area (Å²) in [5, 5.41) is 0. The molecule has 8 heteroatoms. The van der Waals surface area contributed by atoms with Crippen LogP contribution in [0.4, 0.5) is 13.2 Å². The van der Waals surface area contributed by atoms with Crippen LogP contribution in [0, 0.1) is 0 Å². The third kappa shape index (κ3) is 4.53. The number of fused-ring (bicyclic) bond motifs is 1. The average Bonchev–Trinajstić information content (AvgIpc) is 3.19. The van der Waals surface area contributed by atoms with Gasteiger partial charge in [0.25, 0.3) is 0 Å². The van der Waals surface area contributed by atoms with Gasteiger partial charge in [-0.3, -0.25) is 0 Å². The second-order valence-corrected chi connectivity index (χ2v) is 6.80. The SMILES string of the molecule is COC(=O)c1ccc(-c2ccc3nc(COc4ccc(C(F)(F)F)cc4)[nH]c3c2)cc1. The van der Waals surface area contributed by atoms with Gasteiger partial charge in [0.15, 0.2) is 0 Å². The fraction of sp³-hybridized carbons (Fsp3) is 0.130. The van der Waals surface area contributed by atoms with Crippen molar-refractivity contribution in [3.8, 4) is 16.9 Å².